The Morgan fingerprint density at radius 1 is 1.23 bits per heavy atom. The van der Waals surface area contributed by atoms with Crippen LogP contribution in [0.4, 0.5) is 0 Å². The SMILES string of the molecule is Cl.NCC(NC(=O)CSc1ccc2ccccc2c1)C1CC1. The zero-order chi connectivity index (χ0) is 14.7. The molecule has 1 aliphatic carbocycles. The van der Waals surface area contributed by atoms with Gasteiger partial charge in [-0.25, -0.2) is 0 Å². The second-order valence-electron chi connectivity index (χ2n) is 5.54. The van der Waals surface area contributed by atoms with Crippen LogP contribution in [0, 0.1) is 5.92 Å². The molecule has 1 amide bonds. The number of carbonyl (C=O) groups is 1. The van der Waals surface area contributed by atoms with Gasteiger partial charge in [0.15, 0.2) is 0 Å². The van der Waals surface area contributed by atoms with Gasteiger partial charge in [-0.3, -0.25) is 4.79 Å². The second kappa shape index (κ2) is 7.86. The minimum atomic E-state index is 0. The maximum absolute atomic E-state index is 12.0. The maximum atomic E-state index is 12.0. The van der Waals surface area contributed by atoms with E-state index >= 15 is 0 Å². The minimum Gasteiger partial charge on any atom is -0.351 e. The largest absolute Gasteiger partial charge is 0.351 e. The number of nitrogens with two attached hydrogens (primary N) is 1. The van der Waals surface area contributed by atoms with Gasteiger partial charge in [-0.05, 0) is 41.7 Å². The molecule has 3 rings (SSSR count). The van der Waals surface area contributed by atoms with E-state index in [1.807, 2.05) is 12.1 Å². The van der Waals surface area contributed by atoms with Crippen molar-refractivity contribution in [1.29, 1.82) is 0 Å². The first-order chi connectivity index (χ1) is 10.3. The van der Waals surface area contributed by atoms with Gasteiger partial charge in [0.05, 0.1) is 5.75 Å². The van der Waals surface area contributed by atoms with Gasteiger partial charge >= 0.3 is 0 Å². The van der Waals surface area contributed by atoms with E-state index in [0.29, 0.717) is 18.2 Å². The van der Waals surface area contributed by atoms with Crippen LogP contribution in [0.3, 0.4) is 0 Å². The molecular weight excluding hydrogens is 316 g/mol. The number of benzene rings is 2. The van der Waals surface area contributed by atoms with Crippen molar-refractivity contribution >= 4 is 40.8 Å². The van der Waals surface area contributed by atoms with Crippen LogP contribution >= 0.6 is 24.2 Å². The van der Waals surface area contributed by atoms with Gasteiger partial charge in [-0.2, -0.15) is 0 Å². The summed E-state index contributed by atoms with van der Waals surface area (Å²) in [6, 6.07) is 14.7. The predicted molar refractivity (Wildman–Crippen MR) is 95.6 cm³/mol. The van der Waals surface area contributed by atoms with E-state index in [1.165, 1.54) is 23.6 Å². The summed E-state index contributed by atoms with van der Waals surface area (Å²) < 4.78 is 0. The fourth-order valence-electron chi connectivity index (χ4n) is 2.52. The van der Waals surface area contributed by atoms with Crippen LogP contribution in [0.15, 0.2) is 47.4 Å². The molecule has 0 aromatic heterocycles. The van der Waals surface area contributed by atoms with Crippen molar-refractivity contribution in [2.75, 3.05) is 12.3 Å². The lowest BCUT2D eigenvalue weighted by Crippen LogP contribution is -2.42. The monoisotopic (exact) mass is 336 g/mol. The van der Waals surface area contributed by atoms with Gasteiger partial charge in [0.2, 0.25) is 5.91 Å². The molecule has 118 valence electrons. The molecule has 0 bridgehead atoms. The van der Waals surface area contributed by atoms with E-state index in [1.54, 1.807) is 11.8 Å². The van der Waals surface area contributed by atoms with E-state index in [4.69, 9.17) is 5.73 Å². The van der Waals surface area contributed by atoms with Crippen LogP contribution in [0.25, 0.3) is 10.8 Å². The zero-order valence-electron chi connectivity index (χ0n) is 12.3. The molecule has 1 unspecified atom stereocenters. The fraction of sp³-hybridized carbons (Fsp3) is 0.353. The number of nitrogens with one attached hydrogen (secondary N) is 1. The number of thioether (sulfide) groups is 1. The molecule has 0 heterocycles. The number of halogens is 1. The molecule has 5 heteroatoms. The Kier molecular flexibility index (Phi) is 6.12. The Balaban J connectivity index is 0.00000176. The number of hydrogen-bond donors (Lipinski definition) is 2. The van der Waals surface area contributed by atoms with E-state index in [-0.39, 0.29) is 24.4 Å². The lowest BCUT2D eigenvalue weighted by Gasteiger charge is -2.15. The average molecular weight is 337 g/mol. The Morgan fingerprint density at radius 2 is 1.95 bits per heavy atom. The van der Waals surface area contributed by atoms with E-state index in [0.717, 1.165) is 4.90 Å². The van der Waals surface area contributed by atoms with Gasteiger partial charge in [-0.15, -0.1) is 24.2 Å². The first kappa shape index (κ1) is 17.1. The van der Waals surface area contributed by atoms with E-state index in [2.05, 4.69) is 35.6 Å². The Labute approximate surface area is 141 Å². The molecule has 1 atom stereocenters. The zero-order valence-corrected chi connectivity index (χ0v) is 14.0. The van der Waals surface area contributed by atoms with Crippen molar-refractivity contribution in [3.8, 4) is 0 Å². The topological polar surface area (TPSA) is 55.1 Å². The quantitative estimate of drug-likeness (QED) is 0.796. The summed E-state index contributed by atoms with van der Waals surface area (Å²) in [5, 5.41) is 5.49. The van der Waals surface area contributed by atoms with E-state index < -0.39 is 0 Å². The van der Waals surface area contributed by atoms with Crippen molar-refractivity contribution in [2.45, 2.75) is 23.8 Å². The molecule has 2 aromatic carbocycles. The molecule has 2 aromatic rings. The summed E-state index contributed by atoms with van der Waals surface area (Å²) in [7, 11) is 0. The maximum Gasteiger partial charge on any atom is 0.230 e. The summed E-state index contributed by atoms with van der Waals surface area (Å²) in [6.07, 6.45) is 2.39. The van der Waals surface area contributed by atoms with Crippen molar-refractivity contribution in [3.05, 3.63) is 42.5 Å². The molecule has 0 spiro atoms. The van der Waals surface area contributed by atoms with Gasteiger partial charge in [0.25, 0.3) is 0 Å². The highest BCUT2D eigenvalue weighted by Gasteiger charge is 2.31. The van der Waals surface area contributed by atoms with Gasteiger partial charge in [-0.1, -0.05) is 30.3 Å². The lowest BCUT2D eigenvalue weighted by molar-refractivity contribution is -0.119. The summed E-state index contributed by atoms with van der Waals surface area (Å²) in [5.41, 5.74) is 5.71. The van der Waals surface area contributed by atoms with Gasteiger partial charge in [0.1, 0.15) is 0 Å². The Hall–Kier alpha value is -1.23. The van der Waals surface area contributed by atoms with Gasteiger partial charge < -0.3 is 11.1 Å². The second-order valence-corrected chi connectivity index (χ2v) is 6.59. The van der Waals surface area contributed by atoms with Crippen molar-refractivity contribution < 1.29 is 4.79 Å². The highest BCUT2D eigenvalue weighted by molar-refractivity contribution is 8.00. The summed E-state index contributed by atoms with van der Waals surface area (Å²) in [4.78, 5) is 13.1. The molecule has 0 radical (unpaired) electrons. The highest BCUT2D eigenvalue weighted by atomic mass is 35.5. The van der Waals surface area contributed by atoms with Crippen LogP contribution < -0.4 is 11.1 Å². The van der Waals surface area contributed by atoms with Crippen LogP contribution in [0.1, 0.15) is 12.8 Å². The van der Waals surface area contributed by atoms with E-state index in [9.17, 15) is 4.79 Å². The van der Waals surface area contributed by atoms with Crippen LogP contribution in [-0.2, 0) is 4.79 Å². The molecule has 1 aliphatic rings. The Bertz CT molecular complexity index is 645. The molecule has 3 N–H and O–H groups in total. The lowest BCUT2D eigenvalue weighted by atomic mass is 10.1. The van der Waals surface area contributed by atoms with Crippen molar-refractivity contribution in [1.82, 2.24) is 5.32 Å². The highest BCUT2D eigenvalue weighted by Crippen LogP contribution is 2.32. The van der Waals surface area contributed by atoms with Crippen LogP contribution in [0.5, 0.6) is 0 Å². The smallest absolute Gasteiger partial charge is 0.230 e. The first-order valence-electron chi connectivity index (χ1n) is 7.37. The summed E-state index contributed by atoms with van der Waals surface area (Å²) in [6.45, 7) is 0.539. The molecule has 0 saturated heterocycles. The molecule has 1 fully saturated rings. The average Bonchev–Trinajstić information content (AvgIpc) is 3.35. The number of hydrogen-bond acceptors (Lipinski definition) is 3. The molecule has 22 heavy (non-hydrogen) atoms. The van der Waals surface area contributed by atoms with Crippen molar-refractivity contribution in [3.63, 3.8) is 0 Å². The standard InChI is InChI=1S/C17H20N2OS.ClH/c18-10-16(13-5-6-13)19-17(20)11-21-15-8-7-12-3-1-2-4-14(12)9-15;/h1-4,7-9,13,16H,5-6,10-11,18H2,(H,19,20);1H. The normalized spacial score (nSPS) is 15.1. The summed E-state index contributed by atoms with van der Waals surface area (Å²) >= 11 is 1.58. The molecule has 1 saturated carbocycles. The van der Waals surface area contributed by atoms with Crippen molar-refractivity contribution in [2.24, 2.45) is 11.7 Å². The Morgan fingerprint density at radius 3 is 2.64 bits per heavy atom. The third-order valence-electron chi connectivity index (χ3n) is 3.88. The number of amides is 1. The third-order valence-corrected chi connectivity index (χ3v) is 4.88. The third kappa shape index (κ3) is 4.38. The number of rotatable bonds is 6. The fourth-order valence-corrected chi connectivity index (χ4v) is 3.28. The molecule has 3 nitrogen and oxygen atoms in total. The number of carbonyl (C=O) groups excluding carboxylic acids is 1. The van der Waals surface area contributed by atoms with Crippen LogP contribution in [0.2, 0.25) is 0 Å². The van der Waals surface area contributed by atoms with Crippen LogP contribution in [-0.4, -0.2) is 24.2 Å². The number of fused-ring (bicyclic) bond motifs is 1. The molecule has 0 aliphatic heterocycles. The minimum absolute atomic E-state index is 0. The first-order valence-corrected chi connectivity index (χ1v) is 8.36. The van der Waals surface area contributed by atoms with Gasteiger partial charge in [0, 0.05) is 17.5 Å². The summed E-state index contributed by atoms with van der Waals surface area (Å²) in [5.74, 6) is 1.13. The predicted octanol–water partition coefficient (Wildman–Crippen LogP) is 3.21. The molecular formula is C17H21ClN2OS.